The molecule has 0 fully saturated rings. The number of ether oxygens (including phenoxy) is 1. The number of hydrogen-bond donors (Lipinski definition) is 1. The van der Waals surface area contributed by atoms with E-state index in [1.165, 1.54) is 13.2 Å². The van der Waals surface area contributed by atoms with Crippen molar-refractivity contribution in [2.75, 3.05) is 13.7 Å². The second-order valence-electron chi connectivity index (χ2n) is 4.86. The molecule has 0 amide bonds. The van der Waals surface area contributed by atoms with E-state index in [9.17, 15) is 4.39 Å². The SMILES string of the molecule is CCCn1ccnc1C(NCC)c1ccc(OC)cc1F. The largest absolute Gasteiger partial charge is 0.497 e. The van der Waals surface area contributed by atoms with Crippen molar-refractivity contribution in [2.45, 2.75) is 32.9 Å². The molecule has 2 aromatic rings. The van der Waals surface area contributed by atoms with Gasteiger partial charge in [0.25, 0.3) is 0 Å². The maximum atomic E-state index is 14.4. The van der Waals surface area contributed by atoms with E-state index in [1.54, 1.807) is 18.3 Å². The molecule has 0 radical (unpaired) electrons. The van der Waals surface area contributed by atoms with Crippen molar-refractivity contribution >= 4 is 0 Å². The molecule has 0 saturated heterocycles. The minimum Gasteiger partial charge on any atom is -0.497 e. The number of hydrogen-bond acceptors (Lipinski definition) is 3. The summed E-state index contributed by atoms with van der Waals surface area (Å²) in [6, 6.07) is 4.68. The van der Waals surface area contributed by atoms with Crippen LogP contribution in [0.2, 0.25) is 0 Å². The maximum absolute atomic E-state index is 14.4. The van der Waals surface area contributed by atoms with Crippen molar-refractivity contribution in [1.82, 2.24) is 14.9 Å². The Balaban J connectivity index is 2.40. The van der Waals surface area contributed by atoms with E-state index in [4.69, 9.17) is 4.74 Å². The third kappa shape index (κ3) is 3.42. The predicted octanol–water partition coefficient (Wildman–Crippen LogP) is 3.14. The first-order valence-corrected chi connectivity index (χ1v) is 7.29. The number of halogens is 1. The maximum Gasteiger partial charge on any atom is 0.132 e. The van der Waals surface area contributed by atoms with Crippen LogP contribution in [0.1, 0.15) is 37.7 Å². The Hall–Kier alpha value is -1.88. The molecule has 0 spiro atoms. The highest BCUT2D eigenvalue weighted by Crippen LogP contribution is 2.26. The van der Waals surface area contributed by atoms with Crippen LogP contribution in [0.15, 0.2) is 30.6 Å². The second kappa shape index (κ2) is 7.22. The van der Waals surface area contributed by atoms with Gasteiger partial charge >= 0.3 is 0 Å². The summed E-state index contributed by atoms with van der Waals surface area (Å²) in [6.07, 6.45) is 4.70. The monoisotopic (exact) mass is 291 g/mol. The molecule has 114 valence electrons. The third-order valence-corrected chi connectivity index (χ3v) is 3.40. The Morgan fingerprint density at radius 3 is 2.81 bits per heavy atom. The first kappa shape index (κ1) is 15.5. The van der Waals surface area contributed by atoms with Gasteiger partial charge in [0.05, 0.1) is 13.2 Å². The first-order valence-electron chi connectivity index (χ1n) is 7.29. The Morgan fingerprint density at radius 1 is 1.38 bits per heavy atom. The van der Waals surface area contributed by atoms with Gasteiger partial charge in [-0.1, -0.05) is 19.9 Å². The van der Waals surface area contributed by atoms with Crippen molar-refractivity contribution in [3.8, 4) is 5.75 Å². The number of nitrogens with one attached hydrogen (secondary N) is 1. The quantitative estimate of drug-likeness (QED) is 0.852. The van der Waals surface area contributed by atoms with Crippen LogP contribution in [0, 0.1) is 5.82 Å². The highest BCUT2D eigenvalue weighted by atomic mass is 19.1. The molecule has 0 aliphatic heterocycles. The molecular formula is C16H22FN3O. The second-order valence-corrected chi connectivity index (χ2v) is 4.86. The average Bonchev–Trinajstić information content (AvgIpc) is 2.93. The van der Waals surface area contributed by atoms with Gasteiger partial charge in [0.1, 0.15) is 17.4 Å². The summed E-state index contributed by atoms with van der Waals surface area (Å²) in [5, 5.41) is 3.31. The van der Waals surface area contributed by atoms with Crippen molar-refractivity contribution in [2.24, 2.45) is 0 Å². The standard InChI is InChI=1S/C16H22FN3O/c1-4-9-20-10-8-19-16(20)15(18-5-2)13-7-6-12(21-3)11-14(13)17/h6-8,10-11,15,18H,4-5,9H2,1-3H3. The molecule has 1 heterocycles. The van der Waals surface area contributed by atoms with E-state index in [2.05, 4.69) is 21.8 Å². The van der Waals surface area contributed by atoms with Gasteiger partial charge in [0.2, 0.25) is 0 Å². The first-order chi connectivity index (χ1) is 10.2. The fourth-order valence-corrected chi connectivity index (χ4v) is 2.42. The van der Waals surface area contributed by atoms with E-state index in [1.807, 2.05) is 13.1 Å². The van der Waals surface area contributed by atoms with E-state index in [0.717, 1.165) is 25.3 Å². The Bertz CT molecular complexity index is 583. The minimum absolute atomic E-state index is 0.262. The molecule has 0 bridgehead atoms. The number of benzene rings is 1. The molecule has 1 N–H and O–H groups in total. The van der Waals surface area contributed by atoms with Gasteiger partial charge in [-0.15, -0.1) is 0 Å². The zero-order valence-corrected chi connectivity index (χ0v) is 12.8. The van der Waals surface area contributed by atoms with Gasteiger partial charge in [-0.2, -0.15) is 0 Å². The Labute approximate surface area is 125 Å². The lowest BCUT2D eigenvalue weighted by Crippen LogP contribution is -2.26. The van der Waals surface area contributed by atoms with Crippen LogP contribution in [-0.4, -0.2) is 23.2 Å². The summed E-state index contributed by atoms with van der Waals surface area (Å²) in [6.45, 7) is 5.71. The Kier molecular flexibility index (Phi) is 5.33. The lowest BCUT2D eigenvalue weighted by atomic mass is 10.0. The lowest BCUT2D eigenvalue weighted by molar-refractivity contribution is 0.409. The number of imidazole rings is 1. The molecule has 5 heteroatoms. The summed E-state index contributed by atoms with van der Waals surface area (Å²) in [5.41, 5.74) is 0.584. The number of rotatable bonds is 7. The van der Waals surface area contributed by atoms with E-state index in [0.29, 0.717) is 11.3 Å². The molecule has 1 atom stereocenters. The third-order valence-electron chi connectivity index (χ3n) is 3.40. The lowest BCUT2D eigenvalue weighted by Gasteiger charge is -2.20. The number of aryl methyl sites for hydroxylation is 1. The summed E-state index contributed by atoms with van der Waals surface area (Å²) in [5.74, 6) is 1.07. The van der Waals surface area contributed by atoms with Gasteiger partial charge in [-0.25, -0.2) is 9.37 Å². The Morgan fingerprint density at radius 2 is 2.19 bits per heavy atom. The van der Waals surface area contributed by atoms with Crippen LogP contribution in [-0.2, 0) is 6.54 Å². The number of methoxy groups -OCH3 is 1. The fraction of sp³-hybridized carbons (Fsp3) is 0.438. The van der Waals surface area contributed by atoms with Crippen molar-refractivity contribution in [3.05, 3.63) is 47.8 Å². The zero-order valence-electron chi connectivity index (χ0n) is 12.8. The molecule has 4 nitrogen and oxygen atoms in total. The van der Waals surface area contributed by atoms with Crippen LogP contribution in [0.4, 0.5) is 4.39 Å². The molecule has 1 aromatic carbocycles. The number of aromatic nitrogens is 2. The molecule has 2 rings (SSSR count). The molecule has 1 aromatic heterocycles. The van der Waals surface area contributed by atoms with Crippen molar-refractivity contribution in [1.29, 1.82) is 0 Å². The molecule has 0 aliphatic rings. The van der Waals surface area contributed by atoms with Crippen LogP contribution >= 0.6 is 0 Å². The smallest absolute Gasteiger partial charge is 0.132 e. The van der Waals surface area contributed by atoms with Gasteiger partial charge < -0.3 is 14.6 Å². The van der Waals surface area contributed by atoms with Crippen LogP contribution in [0.3, 0.4) is 0 Å². The van der Waals surface area contributed by atoms with Gasteiger partial charge in [-0.05, 0) is 19.0 Å². The highest BCUT2D eigenvalue weighted by Gasteiger charge is 2.21. The number of nitrogens with zero attached hydrogens (tertiary/aromatic N) is 2. The van der Waals surface area contributed by atoms with Crippen LogP contribution in [0.25, 0.3) is 0 Å². The summed E-state index contributed by atoms with van der Waals surface area (Å²) >= 11 is 0. The molecule has 0 aliphatic carbocycles. The van der Waals surface area contributed by atoms with Crippen molar-refractivity contribution < 1.29 is 9.13 Å². The fourth-order valence-electron chi connectivity index (χ4n) is 2.42. The van der Waals surface area contributed by atoms with Crippen LogP contribution < -0.4 is 10.1 Å². The topological polar surface area (TPSA) is 39.1 Å². The highest BCUT2D eigenvalue weighted by molar-refractivity contribution is 5.33. The van der Waals surface area contributed by atoms with E-state index < -0.39 is 0 Å². The molecular weight excluding hydrogens is 269 g/mol. The minimum atomic E-state index is -0.286. The van der Waals surface area contributed by atoms with E-state index in [-0.39, 0.29) is 11.9 Å². The predicted molar refractivity (Wildman–Crippen MR) is 81.0 cm³/mol. The molecule has 1 unspecified atom stereocenters. The van der Waals surface area contributed by atoms with Gasteiger partial charge in [0, 0.05) is 30.6 Å². The average molecular weight is 291 g/mol. The van der Waals surface area contributed by atoms with Gasteiger partial charge in [-0.3, -0.25) is 0 Å². The molecule has 21 heavy (non-hydrogen) atoms. The summed E-state index contributed by atoms with van der Waals surface area (Å²) in [4.78, 5) is 4.42. The molecule has 0 saturated carbocycles. The summed E-state index contributed by atoms with van der Waals surface area (Å²) in [7, 11) is 1.53. The van der Waals surface area contributed by atoms with Gasteiger partial charge in [0.15, 0.2) is 0 Å². The zero-order chi connectivity index (χ0) is 15.2. The normalized spacial score (nSPS) is 12.4. The van der Waals surface area contributed by atoms with Crippen LogP contribution in [0.5, 0.6) is 5.75 Å². The summed E-state index contributed by atoms with van der Waals surface area (Å²) < 4.78 is 21.5. The van der Waals surface area contributed by atoms with E-state index >= 15 is 0 Å². The van der Waals surface area contributed by atoms with Crippen molar-refractivity contribution in [3.63, 3.8) is 0 Å².